The number of rotatable bonds is 7. The number of aromatic amines is 1. The predicted molar refractivity (Wildman–Crippen MR) is 114 cm³/mol. The predicted octanol–water partition coefficient (Wildman–Crippen LogP) is 3.02. The minimum Gasteiger partial charge on any atom is -0.496 e. The van der Waals surface area contributed by atoms with E-state index in [9.17, 15) is 4.79 Å². The van der Waals surface area contributed by atoms with Crippen molar-refractivity contribution in [3.05, 3.63) is 58.9 Å². The van der Waals surface area contributed by atoms with E-state index < -0.39 is 0 Å². The third-order valence-corrected chi connectivity index (χ3v) is 4.73. The quantitative estimate of drug-likeness (QED) is 0.475. The van der Waals surface area contributed by atoms with Crippen LogP contribution in [0.4, 0.5) is 0 Å². The molecule has 2 aromatic heterocycles. The molecule has 154 valence electrons. The number of aromatic nitrogens is 4. The molecule has 0 spiro atoms. The molecule has 4 rings (SSSR count). The van der Waals surface area contributed by atoms with Crippen molar-refractivity contribution in [2.24, 2.45) is 7.05 Å². The monoisotopic (exact) mass is 406 g/mol. The van der Waals surface area contributed by atoms with Crippen LogP contribution in [0.15, 0.2) is 53.3 Å². The Morgan fingerprint density at radius 3 is 2.60 bits per heavy atom. The summed E-state index contributed by atoms with van der Waals surface area (Å²) in [5.74, 6) is 1.58. The average Bonchev–Trinajstić information content (AvgIpc) is 3.11. The van der Waals surface area contributed by atoms with E-state index in [0.29, 0.717) is 52.8 Å². The van der Waals surface area contributed by atoms with Crippen LogP contribution in [-0.2, 0) is 11.8 Å². The Morgan fingerprint density at radius 2 is 1.87 bits per heavy atom. The fraction of sp³-hybridized carbons (Fsp3) is 0.227. The fourth-order valence-electron chi connectivity index (χ4n) is 3.28. The van der Waals surface area contributed by atoms with Crippen LogP contribution >= 0.6 is 0 Å². The van der Waals surface area contributed by atoms with Gasteiger partial charge in [-0.2, -0.15) is 5.10 Å². The van der Waals surface area contributed by atoms with Crippen LogP contribution < -0.4 is 15.0 Å². The molecule has 0 fully saturated rings. The van der Waals surface area contributed by atoms with Gasteiger partial charge in [0.15, 0.2) is 5.65 Å². The van der Waals surface area contributed by atoms with Crippen LogP contribution in [-0.4, -0.2) is 47.2 Å². The van der Waals surface area contributed by atoms with E-state index in [0.717, 1.165) is 5.56 Å². The van der Waals surface area contributed by atoms with Crippen molar-refractivity contribution in [1.82, 2.24) is 19.7 Å². The van der Waals surface area contributed by atoms with E-state index in [1.807, 2.05) is 30.3 Å². The van der Waals surface area contributed by atoms with E-state index >= 15 is 0 Å². The second-order valence-corrected chi connectivity index (χ2v) is 6.65. The maximum atomic E-state index is 13.0. The highest BCUT2D eigenvalue weighted by molar-refractivity contribution is 5.91. The number of nitrogens with one attached hydrogen (secondary N) is 1. The lowest BCUT2D eigenvalue weighted by molar-refractivity contribution is 0.146. The van der Waals surface area contributed by atoms with Crippen LogP contribution in [0.3, 0.4) is 0 Å². The topological polar surface area (TPSA) is 91.3 Å². The van der Waals surface area contributed by atoms with Crippen molar-refractivity contribution < 1.29 is 14.2 Å². The van der Waals surface area contributed by atoms with E-state index in [2.05, 4.69) is 15.1 Å². The summed E-state index contributed by atoms with van der Waals surface area (Å²) in [7, 11) is 4.95. The van der Waals surface area contributed by atoms with Crippen molar-refractivity contribution in [2.75, 3.05) is 27.4 Å². The Hall–Kier alpha value is -3.65. The summed E-state index contributed by atoms with van der Waals surface area (Å²) in [5, 5.41) is 4.98. The van der Waals surface area contributed by atoms with E-state index in [4.69, 9.17) is 14.2 Å². The molecule has 0 amide bonds. The standard InChI is InChI=1S/C22H22N4O4/c1-26-21-18(19(25-26)14-7-5-4-6-8-14)22(27)24-20(23-21)16-10-9-15(13-17(16)29-3)30-12-11-28-2/h4-10,13H,11-12H2,1-3H3,(H,23,24,27). The number of aryl methyl sites for hydroxylation is 1. The Bertz CT molecular complexity index is 1230. The molecule has 0 radical (unpaired) electrons. The summed E-state index contributed by atoms with van der Waals surface area (Å²) in [4.78, 5) is 20.5. The molecule has 0 aliphatic heterocycles. The number of methoxy groups -OCH3 is 2. The van der Waals surface area contributed by atoms with Crippen molar-refractivity contribution in [1.29, 1.82) is 0 Å². The van der Waals surface area contributed by atoms with Crippen LogP contribution in [0.2, 0.25) is 0 Å². The zero-order valence-electron chi connectivity index (χ0n) is 17.0. The largest absolute Gasteiger partial charge is 0.496 e. The van der Waals surface area contributed by atoms with E-state index in [-0.39, 0.29) is 5.56 Å². The summed E-state index contributed by atoms with van der Waals surface area (Å²) < 4.78 is 17.8. The normalized spacial score (nSPS) is 11.0. The lowest BCUT2D eigenvalue weighted by atomic mass is 10.1. The van der Waals surface area contributed by atoms with Gasteiger partial charge < -0.3 is 19.2 Å². The van der Waals surface area contributed by atoms with Gasteiger partial charge in [0.1, 0.15) is 35.0 Å². The summed E-state index contributed by atoms with van der Waals surface area (Å²) in [5.41, 5.74) is 2.35. The number of nitrogens with zero attached hydrogens (tertiary/aromatic N) is 3. The Balaban J connectivity index is 1.79. The SMILES string of the molecule is COCCOc1ccc(-c2nc3c(c(-c4ccccc4)nn3C)c(=O)[nH]2)c(OC)c1. The molecule has 2 heterocycles. The number of hydrogen-bond donors (Lipinski definition) is 1. The molecule has 0 unspecified atom stereocenters. The third kappa shape index (κ3) is 3.65. The first-order valence-corrected chi connectivity index (χ1v) is 9.45. The second-order valence-electron chi connectivity index (χ2n) is 6.65. The van der Waals surface area contributed by atoms with Crippen LogP contribution in [0.5, 0.6) is 11.5 Å². The Kier molecular flexibility index (Phi) is 5.49. The van der Waals surface area contributed by atoms with Gasteiger partial charge in [-0.05, 0) is 12.1 Å². The van der Waals surface area contributed by atoms with Crippen molar-refractivity contribution >= 4 is 11.0 Å². The van der Waals surface area contributed by atoms with Crippen LogP contribution in [0.25, 0.3) is 33.7 Å². The van der Waals surface area contributed by atoms with Gasteiger partial charge in [-0.25, -0.2) is 9.67 Å². The molecular weight excluding hydrogens is 384 g/mol. The maximum absolute atomic E-state index is 13.0. The molecular formula is C22H22N4O4. The molecule has 1 N–H and O–H groups in total. The van der Waals surface area contributed by atoms with Gasteiger partial charge in [0.25, 0.3) is 5.56 Å². The summed E-state index contributed by atoms with van der Waals surface area (Å²) in [6, 6.07) is 14.9. The van der Waals surface area contributed by atoms with Crippen LogP contribution in [0.1, 0.15) is 0 Å². The highest BCUT2D eigenvalue weighted by Crippen LogP contribution is 2.32. The van der Waals surface area contributed by atoms with Gasteiger partial charge in [-0.1, -0.05) is 30.3 Å². The average molecular weight is 406 g/mol. The van der Waals surface area contributed by atoms with Crippen molar-refractivity contribution in [2.45, 2.75) is 0 Å². The van der Waals surface area contributed by atoms with Gasteiger partial charge in [0.05, 0.1) is 19.3 Å². The smallest absolute Gasteiger partial charge is 0.262 e. The van der Waals surface area contributed by atoms with Crippen molar-refractivity contribution in [3.8, 4) is 34.1 Å². The van der Waals surface area contributed by atoms with Gasteiger partial charge >= 0.3 is 0 Å². The lowest BCUT2D eigenvalue weighted by Crippen LogP contribution is -2.11. The minimum absolute atomic E-state index is 0.260. The summed E-state index contributed by atoms with van der Waals surface area (Å²) >= 11 is 0. The molecule has 30 heavy (non-hydrogen) atoms. The first kappa shape index (κ1) is 19.7. The third-order valence-electron chi connectivity index (χ3n) is 4.73. The minimum atomic E-state index is -0.260. The maximum Gasteiger partial charge on any atom is 0.262 e. The molecule has 8 nitrogen and oxygen atoms in total. The Labute approximate surface area is 173 Å². The number of H-pyrrole nitrogens is 1. The molecule has 0 saturated carbocycles. The second kappa shape index (κ2) is 8.38. The zero-order chi connectivity index (χ0) is 21.1. The zero-order valence-corrected chi connectivity index (χ0v) is 17.0. The highest BCUT2D eigenvalue weighted by Gasteiger charge is 2.18. The van der Waals surface area contributed by atoms with Gasteiger partial charge in [0.2, 0.25) is 0 Å². The summed E-state index contributed by atoms with van der Waals surface area (Å²) in [6.45, 7) is 0.914. The lowest BCUT2D eigenvalue weighted by Gasteiger charge is -2.11. The molecule has 4 aromatic rings. The number of ether oxygens (including phenoxy) is 3. The molecule has 0 aliphatic rings. The molecule has 0 aliphatic carbocycles. The number of hydrogen-bond acceptors (Lipinski definition) is 6. The molecule has 8 heteroatoms. The van der Waals surface area contributed by atoms with Gasteiger partial charge in [-0.3, -0.25) is 4.79 Å². The molecule has 0 saturated heterocycles. The van der Waals surface area contributed by atoms with Crippen LogP contribution in [0, 0.1) is 0 Å². The fourth-order valence-corrected chi connectivity index (χ4v) is 3.28. The number of fused-ring (bicyclic) bond motifs is 1. The Morgan fingerprint density at radius 1 is 1.07 bits per heavy atom. The van der Waals surface area contributed by atoms with E-state index in [1.54, 1.807) is 44.1 Å². The first-order chi connectivity index (χ1) is 14.6. The molecule has 0 atom stereocenters. The number of benzene rings is 2. The molecule has 2 aromatic carbocycles. The first-order valence-electron chi connectivity index (χ1n) is 9.45. The summed E-state index contributed by atoms with van der Waals surface area (Å²) in [6.07, 6.45) is 0. The van der Waals surface area contributed by atoms with E-state index in [1.165, 1.54) is 0 Å². The molecule has 0 bridgehead atoms. The highest BCUT2D eigenvalue weighted by atomic mass is 16.5. The van der Waals surface area contributed by atoms with Gasteiger partial charge in [0, 0.05) is 25.8 Å². The van der Waals surface area contributed by atoms with Gasteiger partial charge in [-0.15, -0.1) is 0 Å². The van der Waals surface area contributed by atoms with Crippen molar-refractivity contribution in [3.63, 3.8) is 0 Å².